The lowest BCUT2D eigenvalue weighted by Gasteiger charge is -2.13. The molecule has 2 aromatic rings. The van der Waals surface area contributed by atoms with E-state index in [-0.39, 0.29) is 4.83 Å². The first-order chi connectivity index (χ1) is 8.13. The molecule has 1 aromatic carbocycles. The summed E-state index contributed by atoms with van der Waals surface area (Å²) in [5.41, 5.74) is 2.38. The topological polar surface area (TPSA) is 0 Å². The first-order valence-corrected chi connectivity index (χ1v) is 7.84. The van der Waals surface area contributed by atoms with Crippen molar-refractivity contribution in [2.75, 3.05) is 0 Å². The van der Waals surface area contributed by atoms with Crippen LogP contribution in [0.1, 0.15) is 27.8 Å². The summed E-state index contributed by atoms with van der Waals surface area (Å²) >= 11 is 17.7. The van der Waals surface area contributed by atoms with Gasteiger partial charge in [0.05, 0.1) is 4.83 Å². The number of aryl methyl sites for hydroxylation is 1. The lowest BCUT2D eigenvalue weighted by Crippen LogP contribution is -1.94. The third-order valence-electron chi connectivity index (χ3n) is 2.62. The van der Waals surface area contributed by atoms with Gasteiger partial charge < -0.3 is 0 Å². The molecule has 0 saturated carbocycles. The third-order valence-corrected chi connectivity index (χ3v) is 5.48. The molecule has 0 saturated heterocycles. The van der Waals surface area contributed by atoms with E-state index < -0.39 is 0 Å². The Kier molecular flexibility index (Phi) is 4.53. The quantitative estimate of drug-likeness (QED) is 0.587. The zero-order valence-corrected chi connectivity index (χ0v) is 13.1. The highest BCUT2D eigenvalue weighted by Gasteiger charge is 2.18. The van der Waals surface area contributed by atoms with Crippen molar-refractivity contribution in [3.63, 3.8) is 0 Å². The van der Waals surface area contributed by atoms with Crippen molar-refractivity contribution in [2.45, 2.75) is 18.2 Å². The van der Waals surface area contributed by atoms with E-state index in [1.165, 1.54) is 10.4 Å². The molecular formula is C13H11BrCl2S. The smallest absolute Gasteiger partial charge is 0.0755 e. The maximum Gasteiger partial charge on any atom is 0.0755 e. The van der Waals surface area contributed by atoms with Gasteiger partial charge in [-0.1, -0.05) is 46.1 Å². The number of rotatable bonds is 3. The minimum absolute atomic E-state index is 0.114. The highest BCUT2D eigenvalue weighted by atomic mass is 79.9. The largest absolute Gasteiger partial charge is 0.147 e. The zero-order valence-electron chi connectivity index (χ0n) is 9.21. The molecule has 1 heterocycles. The second-order valence-electron chi connectivity index (χ2n) is 3.69. The fourth-order valence-corrected chi connectivity index (χ4v) is 4.24. The van der Waals surface area contributed by atoms with Gasteiger partial charge in [-0.3, -0.25) is 0 Å². The third kappa shape index (κ3) is 2.87. The van der Waals surface area contributed by atoms with E-state index in [0.717, 1.165) is 17.0 Å². The summed E-state index contributed by atoms with van der Waals surface area (Å²) in [6.45, 7) is 2.16. The maximum absolute atomic E-state index is 6.22. The Bertz CT molecular complexity index is 522. The Morgan fingerprint density at radius 1 is 1.29 bits per heavy atom. The van der Waals surface area contributed by atoms with Gasteiger partial charge in [0, 0.05) is 14.9 Å². The molecule has 1 unspecified atom stereocenters. The van der Waals surface area contributed by atoms with Gasteiger partial charge in [-0.15, -0.1) is 11.3 Å². The summed E-state index contributed by atoms with van der Waals surface area (Å²) in [6.07, 6.45) is 1.03. The molecule has 0 amide bonds. The molecule has 0 spiro atoms. The minimum Gasteiger partial charge on any atom is -0.147 e. The van der Waals surface area contributed by atoms with Crippen LogP contribution in [0.4, 0.5) is 0 Å². The van der Waals surface area contributed by atoms with Crippen molar-refractivity contribution < 1.29 is 0 Å². The van der Waals surface area contributed by atoms with E-state index in [2.05, 4.69) is 34.3 Å². The molecule has 17 heavy (non-hydrogen) atoms. The monoisotopic (exact) mass is 348 g/mol. The molecule has 0 bridgehead atoms. The van der Waals surface area contributed by atoms with Crippen LogP contribution >= 0.6 is 50.5 Å². The van der Waals surface area contributed by atoms with Crippen LogP contribution in [0, 0.1) is 0 Å². The first-order valence-electron chi connectivity index (χ1n) is 5.28. The lowest BCUT2D eigenvalue weighted by molar-refractivity contribution is 1.09. The molecule has 2 rings (SSSR count). The molecule has 0 aliphatic heterocycles. The average Bonchev–Trinajstić information content (AvgIpc) is 2.79. The zero-order chi connectivity index (χ0) is 12.4. The second-order valence-corrected chi connectivity index (χ2v) is 6.40. The van der Waals surface area contributed by atoms with Crippen LogP contribution < -0.4 is 0 Å². The van der Waals surface area contributed by atoms with Gasteiger partial charge in [0.25, 0.3) is 0 Å². The van der Waals surface area contributed by atoms with E-state index in [9.17, 15) is 0 Å². The normalized spacial score (nSPS) is 12.7. The summed E-state index contributed by atoms with van der Waals surface area (Å²) in [4.78, 5) is 1.42. The summed E-state index contributed by atoms with van der Waals surface area (Å²) in [6, 6.07) is 7.73. The van der Waals surface area contributed by atoms with Gasteiger partial charge in [0.2, 0.25) is 0 Å². The van der Waals surface area contributed by atoms with Crippen LogP contribution in [0.15, 0.2) is 29.6 Å². The lowest BCUT2D eigenvalue weighted by atomic mass is 10.1. The van der Waals surface area contributed by atoms with Gasteiger partial charge >= 0.3 is 0 Å². The van der Waals surface area contributed by atoms with Crippen LogP contribution in [-0.2, 0) is 6.42 Å². The Balaban J connectivity index is 2.43. The molecule has 4 heteroatoms. The predicted molar refractivity (Wildman–Crippen MR) is 80.9 cm³/mol. The van der Waals surface area contributed by atoms with Crippen LogP contribution in [0.25, 0.3) is 0 Å². The number of alkyl halides is 1. The van der Waals surface area contributed by atoms with Crippen LogP contribution in [0.2, 0.25) is 10.0 Å². The Morgan fingerprint density at radius 2 is 2.06 bits per heavy atom. The molecule has 0 N–H and O–H groups in total. The van der Waals surface area contributed by atoms with Gasteiger partial charge in [-0.05, 0) is 47.2 Å². The summed E-state index contributed by atoms with van der Waals surface area (Å²) in [5.74, 6) is 0. The molecule has 0 radical (unpaired) electrons. The molecular weight excluding hydrogens is 339 g/mol. The minimum atomic E-state index is 0.114. The highest BCUT2D eigenvalue weighted by Crippen LogP contribution is 2.40. The van der Waals surface area contributed by atoms with Gasteiger partial charge in [0.15, 0.2) is 0 Å². The Labute approximate surface area is 124 Å². The van der Waals surface area contributed by atoms with E-state index in [0.29, 0.717) is 5.02 Å². The first kappa shape index (κ1) is 13.4. The fourth-order valence-electron chi connectivity index (χ4n) is 1.71. The van der Waals surface area contributed by atoms with Crippen molar-refractivity contribution in [1.29, 1.82) is 0 Å². The van der Waals surface area contributed by atoms with E-state index >= 15 is 0 Å². The van der Waals surface area contributed by atoms with Crippen molar-refractivity contribution in [1.82, 2.24) is 0 Å². The summed E-state index contributed by atoms with van der Waals surface area (Å²) in [7, 11) is 0. The number of halogens is 3. The number of hydrogen-bond acceptors (Lipinski definition) is 1. The highest BCUT2D eigenvalue weighted by molar-refractivity contribution is 9.09. The number of benzene rings is 1. The predicted octanol–water partition coefficient (Wildman–Crippen LogP) is 6.10. The standard InChI is InChI=1S/C13H11BrCl2S/c1-2-8-5-6-17-13(8)12(14)10-7-9(15)3-4-11(10)16/h3-7,12H,2H2,1H3. The van der Waals surface area contributed by atoms with Crippen molar-refractivity contribution in [2.24, 2.45) is 0 Å². The average molecular weight is 350 g/mol. The molecule has 90 valence electrons. The Hall–Kier alpha value is -0.0200. The maximum atomic E-state index is 6.22. The van der Waals surface area contributed by atoms with Crippen LogP contribution in [-0.4, -0.2) is 0 Å². The molecule has 0 nitrogen and oxygen atoms in total. The summed E-state index contributed by atoms with van der Waals surface area (Å²) < 4.78 is 0. The fraction of sp³-hybridized carbons (Fsp3) is 0.231. The number of thiophene rings is 1. The van der Waals surface area contributed by atoms with E-state index in [1.807, 2.05) is 18.2 Å². The van der Waals surface area contributed by atoms with Crippen LogP contribution in [0.3, 0.4) is 0 Å². The van der Waals surface area contributed by atoms with Crippen LogP contribution in [0.5, 0.6) is 0 Å². The SMILES string of the molecule is CCc1ccsc1C(Br)c1cc(Cl)ccc1Cl. The van der Waals surface area contributed by atoms with Crippen molar-refractivity contribution >= 4 is 50.5 Å². The molecule has 0 aliphatic rings. The second kappa shape index (κ2) is 5.75. The van der Waals surface area contributed by atoms with E-state index in [1.54, 1.807) is 11.3 Å². The van der Waals surface area contributed by atoms with Crippen molar-refractivity contribution in [3.05, 3.63) is 55.7 Å². The van der Waals surface area contributed by atoms with Gasteiger partial charge in [-0.2, -0.15) is 0 Å². The molecule has 1 atom stereocenters. The van der Waals surface area contributed by atoms with E-state index in [4.69, 9.17) is 23.2 Å². The molecule has 0 fully saturated rings. The summed E-state index contributed by atoms with van der Waals surface area (Å²) in [5, 5.41) is 3.57. The van der Waals surface area contributed by atoms with Gasteiger partial charge in [-0.25, -0.2) is 0 Å². The Morgan fingerprint density at radius 3 is 2.76 bits per heavy atom. The van der Waals surface area contributed by atoms with Gasteiger partial charge in [0.1, 0.15) is 0 Å². The van der Waals surface area contributed by atoms with Crippen molar-refractivity contribution in [3.8, 4) is 0 Å². The number of hydrogen-bond donors (Lipinski definition) is 0. The molecule has 1 aromatic heterocycles. The molecule has 0 aliphatic carbocycles.